The van der Waals surface area contributed by atoms with Gasteiger partial charge in [0.15, 0.2) is 0 Å². The van der Waals surface area contributed by atoms with Crippen LogP contribution in [0, 0.1) is 0 Å². The summed E-state index contributed by atoms with van der Waals surface area (Å²) < 4.78 is 5.12. The number of rotatable bonds is 3. The Morgan fingerprint density at radius 1 is 1.13 bits per heavy atom. The van der Waals surface area contributed by atoms with Gasteiger partial charge in [-0.2, -0.15) is 0 Å². The minimum Gasteiger partial charge on any atom is -0.497 e. The Labute approximate surface area is 134 Å². The van der Waals surface area contributed by atoms with Crippen LogP contribution in [0.3, 0.4) is 0 Å². The minimum atomic E-state index is -0.521. The van der Waals surface area contributed by atoms with Crippen molar-refractivity contribution in [1.29, 1.82) is 0 Å². The van der Waals surface area contributed by atoms with Crippen LogP contribution in [0.4, 0.5) is 5.69 Å². The second-order valence-electron chi connectivity index (χ2n) is 5.37. The molecule has 2 amide bonds. The van der Waals surface area contributed by atoms with Crippen molar-refractivity contribution in [2.24, 2.45) is 0 Å². The highest BCUT2D eigenvalue weighted by atomic mass is 16.5. The molecule has 3 rings (SSSR count). The molecule has 0 bridgehead atoms. The van der Waals surface area contributed by atoms with Gasteiger partial charge in [0.25, 0.3) is 5.91 Å². The van der Waals surface area contributed by atoms with Gasteiger partial charge in [0.1, 0.15) is 11.8 Å². The van der Waals surface area contributed by atoms with E-state index in [0.29, 0.717) is 17.7 Å². The second kappa shape index (κ2) is 6.12. The number of benzene rings is 2. The number of nitrogens with zero attached hydrogens (tertiary/aromatic N) is 1. The average molecular weight is 310 g/mol. The summed E-state index contributed by atoms with van der Waals surface area (Å²) in [6.07, 6.45) is 0.526. The van der Waals surface area contributed by atoms with E-state index in [-0.39, 0.29) is 11.8 Å². The van der Waals surface area contributed by atoms with Crippen molar-refractivity contribution in [3.05, 3.63) is 59.7 Å². The number of methoxy groups -OCH3 is 1. The van der Waals surface area contributed by atoms with Crippen LogP contribution in [0.25, 0.3) is 0 Å². The first kappa shape index (κ1) is 15.1. The van der Waals surface area contributed by atoms with Gasteiger partial charge in [-0.1, -0.05) is 18.2 Å². The summed E-state index contributed by atoms with van der Waals surface area (Å²) >= 11 is 0. The molecule has 5 heteroatoms. The molecule has 118 valence electrons. The number of fused-ring (bicyclic) bond motifs is 1. The number of hydrogen-bond acceptors (Lipinski definition) is 3. The Kier molecular flexibility index (Phi) is 4.02. The van der Waals surface area contributed by atoms with Gasteiger partial charge in [0.2, 0.25) is 5.91 Å². The molecule has 2 aromatic carbocycles. The Hall–Kier alpha value is -2.82. The van der Waals surface area contributed by atoms with E-state index < -0.39 is 6.04 Å². The molecule has 0 saturated heterocycles. The first-order valence-corrected chi connectivity index (χ1v) is 7.43. The number of nitrogens with one attached hydrogen (secondary N) is 1. The van der Waals surface area contributed by atoms with E-state index in [1.807, 2.05) is 24.3 Å². The number of para-hydroxylation sites is 1. The van der Waals surface area contributed by atoms with Gasteiger partial charge in [-0.3, -0.25) is 14.5 Å². The van der Waals surface area contributed by atoms with Gasteiger partial charge in [-0.15, -0.1) is 0 Å². The maximum absolute atomic E-state index is 12.9. The molecule has 0 spiro atoms. The summed E-state index contributed by atoms with van der Waals surface area (Å²) in [7, 11) is 3.16. The third kappa shape index (κ3) is 2.65. The molecule has 2 aromatic rings. The molecule has 1 heterocycles. The monoisotopic (exact) mass is 310 g/mol. The van der Waals surface area contributed by atoms with Crippen LogP contribution in [0.5, 0.6) is 5.75 Å². The molecule has 0 aromatic heterocycles. The lowest BCUT2D eigenvalue weighted by Crippen LogP contribution is -2.47. The summed E-state index contributed by atoms with van der Waals surface area (Å²) in [6, 6.07) is 14.0. The molecule has 1 aliphatic rings. The van der Waals surface area contributed by atoms with Crippen molar-refractivity contribution >= 4 is 17.5 Å². The fraction of sp³-hybridized carbons (Fsp3) is 0.222. The molecular formula is C18H18N2O3. The topological polar surface area (TPSA) is 58.6 Å². The largest absolute Gasteiger partial charge is 0.497 e. The molecule has 1 N–H and O–H groups in total. The van der Waals surface area contributed by atoms with Crippen molar-refractivity contribution in [3.8, 4) is 5.75 Å². The average Bonchev–Trinajstić information content (AvgIpc) is 3.00. The lowest BCUT2D eigenvalue weighted by molar-refractivity contribution is -0.121. The maximum atomic E-state index is 12.9. The summed E-state index contributed by atoms with van der Waals surface area (Å²) in [4.78, 5) is 26.7. The zero-order valence-corrected chi connectivity index (χ0v) is 13.1. The predicted octanol–water partition coefficient (Wildman–Crippen LogP) is 2.01. The van der Waals surface area contributed by atoms with E-state index in [4.69, 9.17) is 4.74 Å². The van der Waals surface area contributed by atoms with E-state index in [9.17, 15) is 9.59 Å². The smallest absolute Gasteiger partial charge is 0.259 e. The number of hydrogen-bond donors (Lipinski definition) is 1. The Balaban J connectivity index is 1.99. The SMILES string of the molecule is CNC(=O)C1Cc2ccccc2N1C(=O)c1ccc(OC)cc1. The van der Waals surface area contributed by atoms with E-state index in [2.05, 4.69) is 5.32 Å². The molecule has 0 fully saturated rings. The second-order valence-corrected chi connectivity index (χ2v) is 5.37. The van der Waals surface area contributed by atoms with Crippen LogP contribution in [0.1, 0.15) is 15.9 Å². The molecule has 0 radical (unpaired) electrons. The number of carbonyl (C=O) groups excluding carboxylic acids is 2. The highest BCUT2D eigenvalue weighted by Gasteiger charge is 2.38. The summed E-state index contributed by atoms with van der Waals surface area (Å²) in [5.74, 6) is 0.334. The number of carbonyl (C=O) groups is 2. The minimum absolute atomic E-state index is 0.164. The summed E-state index contributed by atoms with van der Waals surface area (Å²) in [5.41, 5.74) is 2.32. The van der Waals surface area contributed by atoms with Crippen LogP contribution in [-0.2, 0) is 11.2 Å². The summed E-state index contributed by atoms with van der Waals surface area (Å²) in [5, 5.41) is 2.64. The Morgan fingerprint density at radius 3 is 2.48 bits per heavy atom. The van der Waals surface area contributed by atoms with Crippen molar-refractivity contribution < 1.29 is 14.3 Å². The van der Waals surface area contributed by atoms with Crippen molar-refractivity contribution in [2.45, 2.75) is 12.5 Å². The molecule has 1 unspecified atom stereocenters. The Morgan fingerprint density at radius 2 is 1.83 bits per heavy atom. The zero-order valence-electron chi connectivity index (χ0n) is 13.1. The van der Waals surface area contributed by atoms with E-state index in [1.165, 1.54) is 0 Å². The lowest BCUT2D eigenvalue weighted by Gasteiger charge is -2.24. The van der Waals surface area contributed by atoms with Crippen LogP contribution in [0.15, 0.2) is 48.5 Å². The molecule has 0 saturated carbocycles. The van der Waals surface area contributed by atoms with Crippen molar-refractivity contribution in [2.75, 3.05) is 19.1 Å². The highest BCUT2D eigenvalue weighted by molar-refractivity contribution is 6.11. The van der Waals surface area contributed by atoms with Gasteiger partial charge in [0.05, 0.1) is 7.11 Å². The summed E-state index contributed by atoms with van der Waals surface area (Å²) in [6.45, 7) is 0. The predicted molar refractivity (Wildman–Crippen MR) is 87.8 cm³/mol. The van der Waals surface area contributed by atoms with Crippen LogP contribution >= 0.6 is 0 Å². The van der Waals surface area contributed by atoms with Gasteiger partial charge in [0, 0.05) is 24.7 Å². The maximum Gasteiger partial charge on any atom is 0.259 e. The van der Waals surface area contributed by atoms with Crippen molar-refractivity contribution in [1.82, 2.24) is 5.32 Å². The van der Waals surface area contributed by atoms with E-state index in [1.54, 1.807) is 43.3 Å². The normalized spacial score (nSPS) is 15.9. The fourth-order valence-corrected chi connectivity index (χ4v) is 2.89. The quantitative estimate of drug-likeness (QED) is 0.943. The van der Waals surface area contributed by atoms with Gasteiger partial charge in [-0.25, -0.2) is 0 Å². The van der Waals surface area contributed by atoms with Crippen LogP contribution in [0.2, 0.25) is 0 Å². The number of ether oxygens (including phenoxy) is 1. The van der Waals surface area contributed by atoms with Crippen LogP contribution in [-0.4, -0.2) is 32.0 Å². The number of likely N-dealkylation sites (N-methyl/N-ethyl adjacent to an activating group) is 1. The molecular weight excluding hydrogens is 292 g/mol. The van der Waals surface area contributed by atoms with Crippen LogP contribution < -0.4 is 15.0 Å². The molecule has 1 atom stereocenters. The third-order valence-electron chi connectivity index (χ3n) is 4.08. The van der Waals surface area contributed by atoms with Crippen molar-refractivity contribution in [3.63, 3.8) is 0 Å². The number of anilines is 1. The standard InChI is InChI=1S/C18H18N2O3/c1-19-17(21)16-11-13-5-3-4-6-15(13)20(16)18(22)12-7-9-14(23-2)10-8-12/h3-10,16H,11H2,1-2H3,(H,19,21). The van der Waals surface area contributed by atoms with Gasteiger partial charge in [-0.05, 0) is 35.9 Å². The van der Waals surface area contributed by atoms with E-state index in [0.717, 1.165) is 11.3 Å². The zero-order chi connectivity index (χ0) is 16.4. The first-order valence-electron chi connectivity index (χ1n) is 7.43. The Bertz CT molecular complexity index is 740. The first-order chi connectivity index (χ1) is 11.2. The highest BCUT2D eigenvalue weighted by Crippen LogP contribution is 2.33. The molecule has 23 heavy (non-hydrogen) atoms. The molecule has 0 aliphatic carbocycles. The van der Waals surface area contributed by atoms with Gasteiger partial charge < -0.3 is 10.1 Å². The molecule has 5 nitrogen and oxygen atoms in total. The van der Waals surface area contributed by atoms with Gasteiger partial charge >= 0.3 is 0 Å². The van der Waals surface area contributed by atoms with E-state index >= 15 is 0 Å². The third-order valence-corrected chi connectivity index (χ3v) is 4.08. The number of amides is 2. The lowest BCUT2D eigenvalue weighted by atomic mass is 10.1. The molecule has 1 aliphatic heterocycles. The fourth-order valence-electron chi connectivity index (χ4n) is 2.89.